The summed E-state index contributed by atoms with van der Waals surface area (Å²) in [6.07, 6.45) is 2.41. The van der Waals surface area contributed by atoms with E-state index in [1.165, 1.54) is 0 Å². The van der Waals surface area contributed by atoms with Crippen LogP contribution in [0.15, 0.2) is 6.07 Å². The molecule has 6 heteroatoms. The Balaban J connectivity index is 1.68. The van der Waals surface area contributed by atoms with Crippen LogP contribution in [0.25, 0.3) is 0 Å². The minimum absolute atomic E-state index is 0.0419. The van der Waals surface area contributed by atoms with Gasteiger partial charge in [0.25, 0.3) is 5.91 Å². The summed E-state index contributed by atoms with van der Waals surface area (Å²) in [5.74, 6) is 0.187. The predicted octanol–water partition coefficient (Wildman–Crippen LogP) is 0.471. The third kappa shape index (κ3) is 2.19. The van der Waals surface area contributed by atoms with E-state index in [2.05, 4.69) is 10.4 Å². The van der Waals surface area contributed by atoms with E-state index >= 15 is 0 Å². The van der Waals surface area contributed by atoms with Crippen molar-refractivity contribution in [1.82, 2.24) is 20.0 Å². The number of hydrogen-bond acceptors (Lipinski definition) is 3. The van der Waals surface area contributed by atoms with E-state index in [0.29, 0.717) is 12.1 Å². The molecule has 0 bridgehead atoms. The molecule has 1 aromatic heterocycles. The van der Waals surface area contributed by atoms with Gasteiger partial charge in [0.15, 0.2) is 0 Å². The van der Waals surface area contributed by atoms with Crippen molar-refractivity contribution in [3.8, 4) is 0 Å². The number of hydrogen-bond donors (Lipinski definition) is 1. The van der Waals surface area contributed by atoms with Crippen LogP contribution in [-0.2, 0) is 11.8 Å². The van der Waals surface area contributed by atoms with Crippen LogP contribution in [0.2, 0.25) is 0 Å². The molecule has 2 saturated heterocycles. The predicted molar refractivity (Wildman–Crippen MR) is 73.1 cm³/mol. The highest BCUT2D eigenvalue weighted by atomic mass is 16.2. The van der Waals surface area contributed by atoms with Gasteiger partial charge in [-0.15, -0.1) is 0 Å². The number of nitrogens with one attached hydrogen (secondary N) is 1. The second-order valence-electron chi connectivity index (χ2n) is 6.04. The summed E-state index contributed by atoms with van der Waals surface area (Å²) in [4.78, 5) is 25.8. The van der Waals surface area contributed by atoms with E-state index in [1.807, 2.05) is 17.9 Å². The summed E-state index contributed by atoms with van der Waals surface area (Å²) in [7, 11) is 1.80. The van der Waals surface area contributed by atoms with Crippen molar-refractivity contribution in [2.75, 3.05) is 19.6 Å². The minimum Gasteiger partial charge on any atom is -0.356 e. The molecule has 2 aliphatic heterocycles. The molecule has 2 aliphatic rings. The lowest BCUT2D eigenvalue weighted by molar-refractivity contribution is -0.119. The maximum Gasteiger partial charge on any atom is 0.272 e. The molecule has 1 aromatic rings. The first-order valence-corrected chi connectivity index (χ1v) is 7.06. The fraction of sp³-hybridized carbons (Fsp3) is 0.643. The zero-order valence-electron chi connectivity index (χ0n) is 12.0. The highest BCUT2D eigenvalue weighted by Crippen LogP contribution is 2.37. The first-order valence-electron chi connectivity index (χ1n) is 7.06. The largest absolute Gasteiger partial charge is 0.356 e. The van der Waals surface area contributed by atoms with Crippen molar-refractivity contribution in [2.24, 2.45) is 12.5 Å². The van der Waals surface area contributed by atoms with Crippen molar-refractivity contribution < 1.29 is 9.59 Å². The van der Waals surface area contributed by atoms with Crippen LogP contribution in [-0.4, -0.2) is 46.1 Å². The molecule has 0 radical (unpaired) electrons. The highest BCUT2D eigenvalue weighted by Gasteiger charge is 2.41. The second kappa shape index (κ2) is 4.61. The van der Waals surface area contributed by atoms with Gasteiger partial charge in [0.2, 0.25) is 5.91 Å². The number of carbonyl (C=O) groups is 2. The quantitative estimate of drug-likeness (QED) is 0.811. The summed E-state index contributed by atoms with van der Waals surface area (Å²) in [6, 6.07) is 1.83. The molecule has 20 heavy (non-hydrogen) atoms. The molecule has 2 fully saturated rings. The summed E-state index contributed by atoms with van der Waals surface area (Å²) in [5, 5.41) is 7.13. The third-order valence-corrected chi connectivity index (χ3v) is 4.53. The Hall–Kier alpha value is -1.85. The number of likely N-dealkylation sites (tertiary alicyclic amines) is 1. The number of aryl methyl sites for hydroxylation is 2. The van der Waals surface area contributed by atoms with Gasteiger partial charge in [0, 0.05) is 33.1 Å². The Morgan fingerprint density at radius 3 is 2.60 bits per heavy atom. The molecule has 108 valence electrons. The van der Waals surface area contributed by atoms with Crippen molar-refractivity contribution in [1.29, 1.82) is 0 Å². The molecule has 1 N–H and O–H groups in total. The van der Waals surface area contributed by atoms with Gasteiger partial charge in [0.1, 0.15) is 5.69 Å². The summed E-state index contributed by atoms with van der Waals surface area (Å²) < 4.78 is 1.64. The lowest BCUT2D eigenvalue weighted by Gasteiger charge is -2.38. The lowest BCUT2D eigenvalue weighted by Crippen LogP contribution is -2.44. The van der Waals surface area contributed by atoms with Gasteiger partial charge >= 0.3 is 0 Å². The number of piperidine rings is 1. The minimum atomic E-state index is 0.0419. The summed E-state index contributed by atoms with van der Waals surface area (Å²) in [6.45, 7) is 4.09. The van der Waals surface area contributed by atoms with Gasteiger partial charge in [-0.25, -0.2) is 0 Å². The van der Waals surface area contributed by atoms with Gasteiger partial charge in [-0.1, -0.05) is 0 Å². The Labute approximate surface area is 118 Å². The smallest absolute Gasteiger partial charge is 0.272 e. The van der Waals surface area contributed by atoms with Gasteiger partial charge < -0.3 is 10.2 Å². The molecule has 0 unspecified atom stereocenters. The Morgan fingerprint density at radius 1 is 1.40 bits per heavy atom. The van der Waals surface area contributed by atoms with Gasteiger partial charge in [-0.3, -0.25) is 14.3 Å². The van der Waals surface area contributed by atoms with Crippen molar-refractivity contribution in [3.63, 3.8) is 0 Å². The number of aromatic nitrogens is 2. The fourth-order valence-electron chi connectivity index (χ4n) is 3.26. The number of amides is 2. The van der Waals surface area contributed by atoms with E-state index in [0.717, 1.165) is 38.2 Å². The van der Waals surface area contributed by atoms with Gasteiger partial charge in [-0.05, 0) is 31.2 Å². The first kappa shape index (κ1) is 13.1. The van der Waals surface area contributed by atoms with E-state index in [-0.39, 0.29) is 17.2 Å². The SMILES string of the molecule is Cc1cc(C(=O)N2CCC3(CC2)CNC(=O)C3)n(C)n1. The summed E-state index contributed by atoms with van der Waals surface area (Å²) in [5.41, 5.74) is 1.57. The highest BCUT2D eigenvalue weighted by molar-refractivity contribution is 5.92. The van der Waals surface area contributed by atoms with Crippen LogP contribution in [0.3, 0.4) is 0 Å². The van der Waals surface area contributed by atoms with E-state index in [4.69, 9.17) is 0 Å². The average Bonchev–Trinajstić information content (AvgIpc) is 2.93. The standard InChI is InChI=1S/C14H20N4O2/c1-10-7-11(17(2)16-10)13(20)18-5-3-14(4-6-18)8-12(19)15-9-14/h7H,3-6,8-9H2,1-2H3,(H,15,19). The van der Waals surface area contributed by atoms with Gasteiger partial charge in [-0.2, -0.15) is 5.10 Å². The molecule has 6 nitrogen and oxygen atoms in total. The molecule has 0 aliphatic carbocycles. The van der Waals surface area contributed by atoms with Crippen LogP contribution in [0.1, 0.15) is 35.4 Å². The Kier molecular flexibility index (Phi) is 3.03. The molecule has 0 saturated carbocycles. The molecule has 0 atom stereocenters. The van der Waals surface area contributed by atoms with Crippen molar-refractivity contribution in [2.45, 2.75) is 26.2 Å². The van der Waals surface area contributed by atoms with Crippen LogP contribution >= 0.6 is 0 Å². The van der Waals surface area contributed by atoms with Crippen LogP contribution in [0.4, 0.5) is 0 Å². The Morgan fingerprint density at radius 2 is 2.10 bits per heavy atom. The summed E-state index contributed by atoms with van der Waals surface area (Å²) >= 11 is 0. The van der Waals surface area contributed by atoms with E-state index < -0.39 is 0 Å². The van der Waals surface area contributed by atoms with Crippen molar-refractivity contribution >= 4 is 11.8 Å². The van der Waals surface area contributed by atoms with Crippen LogP contribution in [0.5, 0.6) is 0 Å². The normalized spacial score (nSPS) is 21.3. The average molecular weight is 276 g/mol. The maximum absolute atomic E-state index is 12.5. The van der Waals surface area contributed by atoms with Crippen molar-refractivity contribution in [3.05, 3.63) is 17.5 Å². The maximum atomic E-state index is 12.5. The zero-order chi connectivity index (χ0) is 14.3. The topological polar surface area (TPSA) is 67.2 Å². The molecular formula is C14H20N4O2. The molecule has 3 rings (SSSR count). The number of rotatable bonds is 1. The zero-order valence-corrected chi connectivity index (χ0v) is 12.0. The van der Waals surface area contributed by atoms with Crippen LogP contribution in [0, 0.1) is 12.3 Å². The van der Waals surface area contributed by atoms with Crippen LogP contribution < -0.4 is 5.32 Å². The molecule has 1 spiro atoms. The third-order valence-electron chi connectivity index (χ3n) is 4.53. The monoisotopic (exact) mass is 276 g/mol. The Bertz CT molecular complexity index is 556. The number of carbonyl (C=O) groups excluding carboxylic acids is 2. The molecule has 0 aromatic carbocycles. The van der Waals surface area contributed by atoms with E-state index in [1.54, 1.807) is 11.7 Å². The van der Waals surface area contributed by atoms with Gasteiger partial charge in [0.05, 0.1) is 5.69 Å². The lowest BCUT2D eigenvalue weighted by atomic mass is 9.77. The second-order valence-corrected chi connectivity index (χ2v) is 6.04. The fourth-order valence-corrected chi connectivity index (χ4v) is 3.26. The molecule has 3 heterocycles. The molecular weight excluding hydrogens is 256 g/mol. The molecule has 2 amide bonds. The number of nitrogens with zero attached hydrogens (tertiary/aromatic N) is 3. The first-order chi connectivity index (χ1) is 9.49. The van der Waals surface area contributed by atoms with E-state index in [9.17, 15) is 9.59 Å².